The fourth-order valence-electron chi connectivity index (χ4n) is 3.41. The number of thiazole rings is 1. The van der Waals surface area contributed by atoms with Crippen LogP contribution in [0.4, 0.5) is 15.0 Å². The standard InChI is InChI=1S/C17H18FN3O2S.2C2H6/c18-13-3-1-12(2-4-13)14-15(19-11-24-14)20-16(22)23-17-5-8-21(9-6-17)10-7-17;2*1-2/h1-4,11H,5-10H2,(H,20,22);2*1-2H3. The van der Waals surface area contributed by atoms with Gasteiger partial charge in [-0.3, -0.25) is 5.32 Å². The molecule has 3 aliphatic heterocycles. The van der Waals surface area contributed by atoms with Crippen molar-refractivity contribution in [3.8, 4) is 10.4 Å². The molecule has 0 aliphatic carbocycles. The number of benzene rings is 1. The number of carbonyl (C=O) groups excluding carboxylic acids is 1. The van der Waals surface area contributed by atoms with Gasteiger partial charge < -0.3 is 9.64 Å². The summed E-state index contributed by atoms with van der Waals surface area (Å²) in [6, 6.07) is 6.14. The van der Waals surface area contributed by atoms with E-state index >= 15 is 0 Å². The predicted molar refractivity (Wildman–Crippen MR) is 113 cm³/mol. The lowest BCUT2D eigenvalue weighted by molar-refractivity contribution is -0.0742. The number of anilines is 1. The molecule has 3 aliphatic rings. The second-order valence-electron chi connectivity index (χ2n) is 6.33. The largest absolute Gasteiger partial charge is 0.443 e. The van der Waals surface area contributed by atoms with Crippen molar-refractivity contribution in [1.82, 2.24) is 9.88 Å². The van der Waals surface area contributed by atoms with Crippen molar-refractivity contribution in [2.75, 3.05) is 25.0 Å². The summed E-state index contributed by atoms with van der Waals surface area (Å²) < 4.78 is 18.9. The van der Waals surface area contributed by atoms with Gasteiger partial charge in [0.25, 0.3) is 0 Å². The van der Waals surface area contributed by atoms with Gasteiger partial charge in [0.1, 0.15) is 11.4 Å². The van der Waals surface area contributed by atoms with E-state index in [2.05, 4.69) is 15.2 Å². The number of hydrogen-bond acceptors (Lipinski definition) is 5. The Bertz CT molecular complexity index is 727. The molecule has 0 atom stereocenters. The zero-order valence-corrected chi connectivity index (χ0v) is 17.9. The van der Waals surface area contributed by atoms with Crippen molar-refractivity contribution in [2.24, 2.45) is 0 Å². The number of ether oxygens (including phenoxy) is 1. The molecule has 0 spiro atoms. The minimum absolute atomic E-state index is 0.292. The lowest BCUT2D eigenvalue weighted by atomic mass is 9.83. The summed E-state index contributed by atoms with van der Waals surface area (Å²) >= 11 is 1.40. The first-order chi connectivity index (χ1) is 13.6. The van der Waals surface area contributed by atoms with Crippen LogP contribution in [0, 0.1) is 5.82 Å². The molecule has 0 saturated carbocycles. The molecule has 5 nitrogen and oxygen atoms in total. The molecular weight excluding hydrogens is 377 g/mol. The minimum Gasteiger partial charge on any atom is -0.443 e. The Balaban J connectivity index is 0.000000660. The van der Waals surface area contributed by atoms with Gasteiger partial charge in [-0.2, -0.15) is 0 Å². The van der Waals surface area contributed by atoms with E-state index in [-0.39, 0.29) is 11.4 Å². The van der Waals surface area contributed by atoms with E-state index in [0.29, 0.717) is 5.82 Å². The number of fused-ring (bicyclic) bond motifs is 3. The van der Waals surface area contributed by atoms with E-state index < -0.39 is 6.09 Å². The first kappa shape index (κ1) is 22.3. The third kappa shape index (κ3) is 5.29. The fraction of sp³-hybridized carbons (Fsp3) is 0.524. The maximum Gasteiger partial charge on any atom is 0.413 e. The van der Waals surface area contributed by atoms with E-state index in [0.717, 1.165) is 49.3 Å². The van der Waals surface area contributed by atoms with Gasteiger partial charge in [-0.05, 0) is 17.7 Å². The molecule has 1 aromatic carbocycles. The van der Waals surface area contributed by atoms with Crippen LogP contribution in [-0.2, 0) is 4.74 Å². The average Bonchev–Trinajstić information content (AvgIpc) is 3.20. The molecule has 2 aromatic rings. The highest BCUT2D eigenvalue weighted by molar-refractivity contribution is 7.13. The van der Waals surface area contributed by atoms with Crippen LogP contribution in [0.1, 0.15) is 47.0 Å². The Labute approximate surface area is 170 Å². The van der Waals surface area contributed by atoms with Crippen LogP contribution in [-0.4, -0.2) is 41.2 Å². The van der Waals surface area contributed by atoms with E-state index in [1.165, 1.54) is 23.5 Å². The molecule has 3 fully saturated rings. The number of hydrogen-bond donors (Lipinski definition) is 1. The normalized spacial score (nSPS) is 22.2. The van der Waals surface area contributed by atoms with Crippen molar-refractivity contribution in [2.45, 2.75) is 52.6 Å². The summed E-state index contributed by atoms with van der Waals surface area (Å²) in [6.45, 7) is 11.0. The number of nitrogens with zero attached hydrogens (tertiary/aromatic N) is 2. The summed E-state index contributed by atoms with van der Waals surface area (Å²) in [5.74, 6) is 0.168. The Morgan fingerprint density at radius 2 is 1.68 bits per heavy atom. The molecule has 7 heteroatoms. The highest BCUT2D eigenvalue weighted by Crippen LogP contribution is 2.36. The first-order valence-electron chi connectivity index (χ1n) is 10.1. The third-order valence-electron chi connectivity index (χ3n) is 4.85. The Morgan fingerprint density at radius 3 is 2.25 bits per heavy atom. The van der Waals surface area contributed by atoms with E-state index in [9.17, 15) is 9.18 Å². The van der Waals surface area contributed by atoms with Gasteiger partial charge in [0.15, 0.2) is 5.82 Å². The number of nitrogens with one attached hydrogen (secondary N) is 1. The first-order valence-corrected chi connectivity index (χ1v) is 10.9. The number of carbonyl (C=O) groups is 1. The molecule has 154 valence electrons. The minimum atomic E-state index is -0.459. The lowest BCUT2D eigenvalue weighted by Gasteiger charge is -2.47. The highest BCUT2D eigenvalue weighted by Gasteiger charge is 2.42. The molecule has 3 saturated heterocycles. The van der Waals surface area contributed by atoms with Crippen molar-refractivity contribution in [3.63, 3.8) is 0 Å². The van der Waals surface area contributed by atoms with Gasteiger partial charge >= 0.3 is 6.09 Å². The van der Waals surface area contributed by atoms with Crippen LogP contribution in [0.25, 0.3) is 10.4 Å². The van der Waals surface area contributed by atoms with Crippen LogP contribution in [0.3, 0.4) is 0 Å². The molecule has 2 bridgehead atoms. The molecule has 0 radical (unpaired) electrons. The van der Waals surface area contributed by atoms with Crippen LogP contribution in [0.2, 0.25) is 0 Å². The van der Waals surface area contributed by atoms with Crippen molar-refractivity contribution >= 4 is 23.2 Å². The van der Waals surface area contributed by atoms with Gasteiger partial charge in [-0.15, -0.1) is 11.3 Å². The molecule has 0 unspecified atom stereocenters. The predicted octanol–water partition coefficient (Wildman–Crippen LogP) is 5.79. The molecule has 1 aromatic heterocycles. The number of amides is 1. The number of rotatable bonds is 3. The van der Waals surface area contributed by atoms with Crippen LogP contribution in [0.5, 0.6) is 0 Å². The van der Waals surface area contributed by atoms with Gasteiger partial charge in [0, 0.05) is 38.9 Å². The number of piperidine rings is 3. The summed E-state index contributed by atoms with van der Waals surface area (Å²) in [5, 5.41) is 2.76. The van der Waals surface area contributed by atoms with Crippen molar-refractivity contribution in [3.05, 3.63) is 35.6 Å². The Kier molecular flexibility index (Phi) is 8.38. The third-order valence-corrected chi connectivity index (χ3v) is 5.73. The van der Waals surface area contributed by atoms with E-state index in [4.69, 9.17) is 4.74 Å². The Hall–Kier alpha value is -1.99. The van der Waals surface area contributed by atoms with E-state index in [1.54, 1.807) is 17.6 Å². The Morgan fingerprint density at radius 1 is 1.11 bits per heavy atom. The fourth-order valence-corrected chi connectivity index (χ4v) is 4.16. The SMILES string of the molecule is CC.CC.O=C(Nc1ncsc1-c1ccc(F)cc1)OC12CCN(CC1)CC2. The van der Waals surface area contributed by atoms with Crippen LogP contribution in [0.15, 0.2) is 29.8 Å². The molecule has 28 heavy (non-hydrogen) atoms. The van der Waals surface area contributed by atoms with Crippen molar-refractivity contribution < 1.29 is 13.9 Å². The summed E-state index contributed by atoms with van der Waals surface area (Å²) in [7, 11) is 0. The average molecular weight is 408 g/mol. The second-order valence-corrected chi connectivity index (χ2v) is 7.18. The summed E-state index contributed by atoms with van der Waals surface area (Å²) in [5.41, 5.74) is 2.15. The van der Waals surface area contributed by atoms with Gasteiger partial charge in [-0.1, -0.05) is 39.8 Å². The smallest absolute Gasteiger partial charge is 0.413 e. The molecule has 1 N–H and O–H groups in total. The van der Waals surface area contributed by atoms with Gasteiger partial charge in [0.05, 0.1) is 10.4 Å². The quantitative estimate of drug-likeness (QED) is 0.700. The second kappa shape index (κ2) is 10.5. The molecular formula is C21H30FN3O2S. The maximum atomic E-state index is 13.1. The monoisotopic (exact) mass is 407 g/mol. The molecule has 1 amide bonds. The summed E-state index contributed by atoms with van der Waals surface area (Å²) in [6.07, 6.45) is 2.21. The number of aromatic nitrogens is 1. The molecule has 5 rings (SSSR count). The zero-order chi connectivity index (χ0) is 20.6. The van der Waals surface area contributed by atoms with Crippen LogP contribution < -0.4 is 5.32 Å². The van der Waals surface area contributed by atoms with Gasteiger partial charge in [-0.25, -0.2) is 14.2 Å². The van der Waals surface area contributed by atoms with Crippen LogP contribution >= 0.6 is 11.3 Å². The summed E-state index contributed by atoms with van der Waals surface area (Å²) in [4.78, 5) is 19.8. The highest BCUT2D eigenvalue weighted by atomic mass is 32.1. The topological polar surface area (TPSA) is 54.5 Å². The molecule has 4 heterocycles. The van der Waals surface area contributed by atoms with Crippen molar-refractivity contribution in [1.29, 1.82) is 0 Å². The van der Waals surface area contributed by atoms with E-state index in [1.807, 2.05) is 27.7 Å². The lowest BCUT2D eigenvalue weighted by Crippen LogP contribution is -2.54. The number of halogens is 1. The zero-order valence-electron chi connectivity index (χ0n) is 17.1. The maximum absolute atomic E-state index is 13.1. The van der Waals surface area contributed by atoms with Gasteiger partial charge in [0.2, 0.25) is 0 Å².